The third kappa shape index (κ3) is 3.28. The molecule has 6 nitrogen and oxygen atoms in total. The van der Waals surface area contributed by atoms with Gasteiger partial charge >= 0.3 is 5.97 Å². The second kappa shape index (κ2) is 5.78. The van der Waals surface area contributed by atoms with Crippen molar-refractivity contribution in [3.8, 4) is 0 Å². The summed E-state index contributed by atoms with van der Waals surface area (Å²) in [6, 6.07) is 7.66. The molecule has 1 aliphatic heterocycles. The summed E-state index contributed by atoms with van der Waals surface area (Å²) in [6.07, 6.45) is 1.66. The Kier molecular flexibility index (Phi) is 4.07. The number of hydrogen-bond donors (Lipinski definition) is 1. The first-order chi connectivity index (χ1) is 9.88. The Bertz CT molecular complexity index is 630. The molecule has 1 aliphatic rings. The Balaban J connectivity index is 2.22. The first-order valence-corrected chi connectivity index (χ1v) is 6.46. The summed E-state index contributed by atoms with van der Waals surface area (Å²) >= 11 is 0. The average Bonchev–Trinajstić information content (AvgIpc) is 2.67. The largest absolute Gasteiger partial charge is 0.480 e. The topological polar surface area (TPSA) is 73.2 Å². The molecule has 1 aromatic carbocycles. The van der Waals surface area contributed by atoms with Crippen LogP contribution in [0.25, 0.3) is 6.08 Å². The second-order valence-electron chi connectivity index (χ2n) is 4.96. The number of benzene rings is 1. The van der Waals surface area contributed by atoms with E-state index in [4.69, 9.17) is 5.11 Å². The van der Waals surface area contributed by atoms with Gasteiger partial charge < -0.3 is 10.0 Å². The van der Waals surface area contributed by atoms with Crippen LogP contribution in [0.15, 0.2) is 35.0 Å². The maximum absolute atomic E-state index is 12.1. The lowest BCUT2D eigenvalue weighted by molar-refractivity contribution is -0.140. The highest BCUT2D eigenvalue weighted by Crippen LogP contribution is 2.19. The monoisotopic (exact) mass is 287 g/mol. The lowest BCUT2D eigenvalue weighted by Crippen LogP contribution is -2.35. The second-order valence-corrected chi connectivity index (χ2v) is 4.96. The van der Waals surface area contributed by atoms with Crippen LogP contribution >= 0.6 is 0 Å². The Morgan fingerprint density at radius 1 is 1.33 bits per heavy atom. The van der Waals surface area contributed by atoms with E-state index >= 15 is 0 Å². The molecular formula is C15H17N3O3. The zero-order chi connectivity index (χ0) is 15.6. The molecule has 1 aromatic rings. The Morgan fingerprint density at radius 2 is 1.95 bits per heavy atom. The van der Waals surface area contributed by atoms with Crippen molar-refractivity contribution >= 4 is 29.5 Å². The number of carboxylic acid groups (broad SMARTS) is 1. The molecule has 1 N–H and O–H groups in total. The number of rotatable bonds is 4. The van der Waals surface area contributed by atoms with Crippen LogP contribution in [0.3, 0.4) is 0 Å². The molecule has 0 aromatic heterocycles. The van der Waals surface area contributed by atoms with Gasteiger partial charge in [-0.05, 0) is 30.7 Å². The Hall–Kier alpha value is -2.63. The minimum absolute atomic E-state index is 0.256. The zero-order valence-electron chi connectivity index (χ0n) is 12.2. The normalized spacial score (nSPS) is 16.3. The molecule has 1 heterocycles. The molecule has 0 radical (unpaired) electrons. The first kappa shape index (κ1) is 14.8. The van der Waals surface area contributed by atoms with Crippen molar-refractivity contribution in [3.05, 3.63) is 35.5 Å². The van der Waals surface area contributed by atoms with Crippen LogP contribution in [0.4, 0.5) is 5.69 Å². The van der Waals surface area contributed by atoms with E-state index in [2.05, 4.69) is 4.99 Å². The van der Waals surface area contributed by atoms with Gasteiger partial charge in [0.05, 0.1) is 0 Å². The van der Waals surface area contributed by atoms with E-state index in [1.165, 1.54) is 0 Å². The summed E-state index contributed by atoms with van der Waals surface area (Å²) < 4.78 is 0. The molecule has 0 fully saturated rings. The summed E-state index contributed by atoms with van der Waals surface area (Å²) in [4.78, 5) is 30.1. The van der Waals surface area contributed by atoms with E-state index < -0.39 is 5.97 Å². The summed E-state index contributed by atoms with van der Waals surface area (Å²) in [7, 11) is 3.90. The third-order valence-electron chi connectivity index (χ3n) is 3.14. The fourth-order valence-corrected chi connectivity index (χ4v) is 2.01. The van der Waals surface area contributed by atoms with Gasteiger partial charge in [0.1, 0.15) is 18.1 Å². The fraction of sp³-hybridized carbons (Fsp3) is 0.267. The molecule has 0 saturated heterocycles. The smallest absolute Gasteiger partial charge is 0.323 e. The Morgan fingerprint density at radius 3 is 2.48 bits per heavy atom. The lowest BCUT2D eigenvalue weighted by Gasteiger charge is -2.12. The molecule has 0 saturated carbocycles. The predicted octanol–water partition coefficient (Wildman–Crippen LogP) is 1.44. The highest BCUT2D eigenvalue weighted by molar-refractivity contribution is 6.14. The van der Waals surface area contributed by atoms with Crippen molar-refractivity contribution in [2.75, 3.05) is 25.5 Å². The van der Waals surface area contributed by atoms with Gasteiger partial charge in [-0.2, -0.15) is 0 Å². The minimum atomic E-state index is -1.06. The van der Waals surface area contributed by atoms with Crippen molar-refractivity contribution in [2.24, 2.45) is 4.99 Å². The van der Waals surface area contributed by atoms with Gasteiger partial charge in [0.2, 0.25) is 0 Å². The van der Waals surface area contributed by atoms with Crippen LogP contribution in [0, 0.1) is 0 Å². The number of aliphatic imine (C=N–C) groups is 1. The molecule has 6 heteroatoms. The third-order valence-corrected chi connectivity index (χ3v) is 3.14. The van der Waals surface area contributed by atoms with Gasteiger partial charge in [0, 0.05) is 19.8 Å². The van der Waals surface area contributed by atoms with Gasteiger partial charge in [-0.25, -0.2) is 4.99 Å². The SMILES string of the molecule is CC1=N/C(=C\c2ccc(N(C)C)cc2)C(=O)N1CC(=O)O. The van der Waals surface area contributed by atoms with E-state index in [1.807, 2.05) is 43.3 Å². The van der Waals surface area contributed by atoms with E-state index in [9.17, 15) is 9.59 Å². The molecule has 0 bridgehead atoms. The van der Waals surface area contributed by atoms with Crippen LogP contribution in [-0.4, -0.2) is 48.4 Å². The van der Waals surface area contributed by atoms with E-state index in [1.54, 1.807) is 13.0 Å². The molecular weight excluding hydrogens is 270 g/mol. The maximum atomic E-state index is 12.1. The molecule has 0 atom stereocenters. The standard InChI is InChI=1S/C15H17N3O3/c1-10-16-13(15(21)18(10)9-14(19)20)8-11-4-6-12(7-5-11)17(2)3/h4-8H,9H2,1-3H3,(H,19,20)/b13-8-. The molecule has 110 valence electrons. The van der Waals surface area contributed by atoms with Crippen LogP contribution in [0.1, 0.15) is 12.5 Å². The number of carbonyl (C=O) groups excluding carboxylic acids is 1. The van der Waals surface area contributed by atoms with Crippen molar-refractivity contribution < 1.29 is 14.7 Å². The van der Waals surface area contributed by atoms with E-state index in [0.29, 0.717) is 5.84 Å². The van der Waals surface area contributed by atoms with Crippen molar-refractivity contribution in [2.45, 2.75) is 6.92 Å². The van der Waals surface area contributed by atoms with Crippen LogP contribution in [0.2, 0.25) is 0 Å². The predicted molar refractivity (Wildman–Crippen MR) is 81.2 cm³/mol. The summed E-state index contributed by atoms with van der Waals surface area (Å²) in [5, 5.41) is 8.79. The average molecular weight is 287 g/mol. The van der Waals surface area contributed by atoms with Gasteiger partial charge in [-0.15, -0.1) is 0 Å². The summed E-state index contributed by atoms with van der Waals surface area (Å²) in [6.45, 7) is 1.25. The number of nitrogens with zero attached hydrogens (tertiary/aromatic N) is 3. The lowest BCUT2D eigenvalue weighted by atomic mass is 10.1. The van der Waals surface area contributed by atoms with Gasteiger partial charge in [-0.3, -0.25) is 14.5 Å². The fourth-order valence-electron chi connectivity index (χ4n) is 2.01. The number of aliphatic carboxylic acids is 1. The molecule has 0 aliphatic carbocycles. The molecule has 0 unspecified atom stereocenters. The van der Waals surface area contributed by atoms with E-state index in [0.717, 1.165) is 16.2 Å². The van der Waals surface area contributed by atoms with E-state index in [-0.39, 0.29) is 18.1 Å². The van der Waals surface area contributed by atoms with Crippen LogP contribution < -0.4 is 4.90 Å². The Labute approximate surface area is 123 Å². The number of anilines is 1. The molecule has 1 amide bonds. The highest BCUT2D eigenvalue weighted by atomic mass is 16.4. The van der Waals surface area contributed by atoms with Crippen LogP contribution in [0.5, 0.6) is 0 Å². The van der Waals surface area contributed by atoms with Gasteiger partial charge in [-0.1, -0.05) is 12.1 Å². The van der Waals surface area contributed by atoms with Crippen molar-refractivity contribution in [1.29, 1.82) is 0 Å². The number of amidine groups is 1. The first-order valence-electron chi connectivity index (χ1n) is 6.46. The number of hydrogen-bond acceptors (Lipinski definition) is 4. The number of carboxylic acids is 1. The molecule has 21 heavy (non-hydrogen) atoms. The molecule has 2 rings (SSSR count). The van der Waals surface area contributed by atoms with Gasteiger partial charge in [0.15, 0.2) is 0 Å². The molecule has 0 spiro atoms. The number of carbonyl (C=O) groups is 2. The maximum Gasteiger partial charge on any atom is 0.323 e. The number of amides is 1. The van der Waals surface area contributed by atoms with Crippen molar-refractivity contribution in [1.82, 2.24) is 4.90 Å². The van der Waals surface area contributed by atoms with Crippen molar-refractivity contribution in [3.63, 3.8) is 0 Å². The highest BCUT2D eigenvalue weighted by Gasteiger charge is 2.28. The zero-order valence-corrected chi connectivity index (χ0v) is 12.2. The van der Waals surface area contributed by atoms with Crippen LogP contribution in [-0.2, 0) is 9.59 Å². The minimum Gasteiger partial charge on any atom is -0.480 e. The quantitative estimate of drug-likeness (QED) is 0.850. The van der Waals surface area contributed by atoms with Gasteiger partial charge in [0.25, 0.3) is 5.91 Å². The summed E-state index contributed by atoms with van der Waals surface area (Å²) in [5.74, 6) is -1.04. The summed E-state index contributed by atoms with van der Waals surface area (Å²) in [5.41, 5.74) is 2.16.